The Balaban J connectivity index is 2.34. The van der Waals surface area contributed by atoms with E-state index in [9.17, 15) is 13.5 Å². The molecule has 112 valence electrons. The van der Waals surface area contributed by atoms with E-state index in [1.165, 1.54) is 23.6 Å². The fourth-order valence-corrected chi connectivity index (χ4v) is 4.26. The average molecular weight is 299 g/mol. The number of likely N-dealkylation sites (N-methyl/N-ethyl adjacent to an activating group) is 1. The van der Waals surface area contributed by atoms with Crippen LogP contribution in [-0.2, 0) is 16.6 Å². The summed E-state index contributed by atoms with van der Waals surface area (Å²) in [6.07, 6.45) is 4.10. The molecule has 0 saturated heterocycles. The van der Waals surface area contributed by atoms with Crippen molar-refractivity contribution in [3.05, 3.63) is 24.0 Å². The van der Waals surface area contributed by atoms with Crippen LogP contribution in [0.2, 0.25) is 0 Å². The highest BCUT2D eigenvalue weighted by Crippen LogP contribution is 2.27. The standard InChI is InChI=1S/C13H21N3O3S/c1-16(11-5-2-3-6-12(11)17)20(18,19)13-7-4-8-15-10(13)9-14/h4,7-8,11-12,17H,2-3,5-6,9,14H2,1H3. The van der Waals surface area contributed by atoms with Gasteiger partial charge in [0.2, 0.25) is 10.0 Å². The second-order valence-corrected chi connectivity index (χ2v) is 7.06. The van der Waals surface area contributed by atoms with Gasteiger partial charge in [-0.05, 0) is 25.0 Å². The third-order valence-corrected chi connectivity index (χ3v) is 5.82. The first-order valence-electron chi connectivity index (χ1n) is 6.78. The number of aliphatic hydroxyl groups excluding tert-OH is 1. The molecule has 20 heavy (non-hydrogen) atoms. The first kappa shape index (κ1) is 15.4. The Morgan fingerprint density at radius 2 is 2.15 bits per heavy atom. The first-order valence-corrected chi connectivity index (χ1v) is 8.22. The number of pyridine rings is 1. The lowest BCUT2D eigenvalue weighted by Gasteiger charge is -2.34. The van der Waals surface area contributed by atoms with E-state index in [1.54, 1.807) is 6.07 Å². The third kappa shape index (κ3) is 2.85. The average Bonchev–Trinajstić information content (AvgIpc) is 2.47. The van der Waals surface area contributed by atoms with Crippen LogP contribution < -0.4 is 5.73 Å². The monoisotopic (exact) mass is 299 g/mol. The van der Waals surface area contributed by atoms with Crippen molar-refractivity contribution in [1.82, 2.24) is 9.29 Å². The Labute approximate surface area is 119 Å². The van der Waals surface area contributed by atoms with Gasteiger partial charge in [-0.3, -0.25) is 4.98 Å². The summed E-state index contributed by atoms with van der Waals surface area (Å²) in [7, 11) is -2.17. The number of hydrogen-bond acceptors (Lipinski definition) is 5. The topological polar surface area (TPSA) is 96.5 Å². The number of aromatic nitrogens is 1. The number of nitrogens with two attached hydrogens (primary N) is 1. The summed E-state index contributed by atoms with van der Waals surface area (Å²) < 4.78 is 26.6. The van der Waals surface area contributed by atoms with Gasteiger partial charge in [-0.15, -0.1) is 0 Å². The highest BCUT2D eigenvalue weighted by Gasteiger charge is 2.35. The number of hydrogen-bond donors (Lipinski definition) is 2. The van der Waals surface area contributed by atoms with Crippen LogP contribution in [0.4, 0.5) is 0 Å². The maximum atomic E-state index is 12.7. The molecule has 0 amide bonds. The fourth-order valence-electron chi connectivity index (χ4n) is 2.66. The van der Waals surface area contributed by atoms with E-state index in [0.29, 0.717) is 18.5 Å². The van der Waals surface area contributed by atoms with Gasteiger partial charge in [0.05, 0.1) is 17.8 Å². The molecule has 1 fully saturated rings. The van der Waals surface area contributed by atoms with Crippen LogP contribution in [0.5, 0.6) is 0 Å². The molecule has 1 aliphatic rings. The van der Waals surface area contributed by atoms with Crippen LogP contribution in [0.15, 0.2) is 23.2 Å². The summed E-state index contributed by atoms with van der Waals surface area (Å²) >= 11 is 0. The highest BCUT2D eigenvalue weighted by atomic mass is 32.2. The Bertz CT molecular complexity index is 562. The maximum Gasteiger partial charge on any atom is 0.245 e. The van der Waals surface area contributed by atoms with E-state index in [1.807, 2.05) is 0 Å². The van der Waals surface area contributed by atoms with Gasteiger partial charge in [-0.2, -0.15) is 4.31 Å². The van der Waals surface area contributed by atoms with Crippen LogP contribution in [0, 0.1) is 0 Å². The van der Waals surface area contributed by atoms with Gasteiger partial charge in [0.25, 0.3) is 0 Å². The van der Waals surface area contributed by atoms with Crippen molar-refractivity contribution in [1.29, 1.82) is 0 Å². The van der Waals surface area contributed by atoms with Crippen LogP contribution in [0.3, 0.4) is 0 Å². The molecule has 0 aliphatic heterocycles. The lowest BCUT2D eigenvalue weighted by atomic mass is 9.93. The zero-order valence-electron chi connectivity index (χ0n) is 11.6. The second-order valence-electron chi connectivity index (χ2n) is 5.09. The summed E-state index contributed by atoms with van der Waals surface area (Å²) in [6.45, 7) is 0.0659. The lowest BCUT2D eigenvalue weighted by Crippen LogP contribution is -2.46. The Hall–Kier alpha value is -1.02. The van der Waals surface area contributed by atoms with Crippen LogP contribution in [0.1, 0.15) is 31.4 Å². The summed E-state index contributed by atoms with van der Waals surface area (Å²) in [4.78, 5) is 4.14. The maximum absolute atomic E-state index is 12.7. The number of rotatable bonds is 4. The van der Waals surface area contributed by atoms with E-state index < -0.39 is 16.1 Å². The molecule has 1 heterocycles. The Morgan fingerprint density at radius 1 is 1.45 bits per heavy atom. The molecular formula is C13H21N3O3S. The first-order chi connectivity index (χ1) is 9.48. The minimum Gasteiger partial charge on any atom is -0.391 e. The smallest absolute Gasteiger partial charge is 0.245 e. The molecule has 7 heteroatoms. The molecule has 1 aliphatic carbocycles. The van der Waals surface area contributed by atoms with Crippen LogP contribution >= 0.6 is 0 Å². The molecule has 2 unspecified atom stereocenters. The molecule has 0 radical (unpaired) electrons. The third-order valence-electron chi connectivity index (χ3n) is 3.86. The van der Waals surface area contributed by atoms with Crippen molar-refractivity contribution in [2.45, 2.75) is 49.3 Å². The van der Waals surface area contributed by atoms with Crippen molar-refractivity contribution >= 4 is 10.0 Å². The molecule has 0 aromatic carbocycles. The number of nitrogens with zero attached hydrogens (tertiary/aromatic N) is 2. The largest absolute Gasteiger partial charge is 0.391 e. The molecule has 1 aromatic heterocycles. The normalized spacial score (nSPS) is 24.0. The predicted octanol–water partition coefficient (Wildman–Crippen LogP) is 0.464. The summed E-state index contributed by atoms with van der Waals surface area (Å²) in [5, 5.41) is 10.0. The summed E-state index contributed by atoms with van der Waals surface area (Å²) in [5.74, 6) is 0. The van der Waals surface area contributed by atoms with Crippen molar-refractivity contribution in [2.75, 3.05) is 7.05 Å². The molecule has 0 spiro atoms. The highest BCUT2D eigenvalue weighted by molar-refractivity contribution is 7.89. The predicted molar refractivity (Wildman–Crippen MR) is 75.3 cm³/mol. The van der Waals surface area contributed by atoms with Crippen molar-refractivity contribution in [3.63, 3.8) is 0 Å². The van der Waals surface area contributed by atoms with Gasteiger partial charge in [-0.1, -0.05) is 12.8 Å². The van der Waals surface area contributed by atoms with E-state index in [-0.39, 0.29) is 17.5 Å². The quantitative estimate of drug-likeness (QED) is 0.842. The van der Waals surface area contributed by atoms with Gasteiger partial charge in [0.15, 0.2) is 0 Å². The molecule has 1 aromatic rings. The SMILES string of the molecule is CN(C1CCCCC1O)S(=O)(=O)c1cccnc1CN. The van der Waals surface area contributed by atoms with Gasteiger partial charge in [-0.25, -0.2) is 8.42 Å². The Morgan fingerprint density at radius 3 is 2.80 bits per heavy atom. The molecule has 1 saturated carbocycles. The zero-order chi connectivity index (χ0) is 14.8. The lowest BCUT2D eigenvalue weighted by molar-refractivity contribution is 0.0637. The molecular weight excluding hydrogens is 278 g/mol. The van der Waals surface area contributed by atoms with Crippen molar-refractivity contribution in [2.24, 2.45) is 5.73 Å². The van der Waals surface area contributed by atoms with E-state index in [0.717, 1.165) is 12.8 Å². The second kappa shape index (κ2) is 6.17. The fraction of sp³-hybridized carbons (Fsp3) is 0.615. The zero-order valence-corrected chi connectivity index (χ0v) is 12.4. The molecule has 0 bridgehead atoms. The van der Waals surface area contributed by atoms with Gasteiger partial charge < -0.3 is 10.8 Å². The molecule has 6 nitrogen and oxygen atoms in total. The number of aliphatic hydroxyl groups is 1. The van der Waals surface area contributed by atoms with E-state index >= 15 is 0 Å². The van der Waals surface area contributed by atoms with Gasteiger partial charge >= 0.3 is 0 Å². The molecule has 3 N–H and O–H groups in total. The van der Waals surface area contributed by atoms with Crippen molar-refractivity contribution in [3.8, 4) is 0 Å². The van der Waals surface area contributed by atoms with E-state index in [2.05, 4.69) is 4.98 Å². The minimum absolute atomic E-state index is 0.0659. The van der Waals surface area contributed by atoms with Gasteiger partial charge in [0, 0.05) is 19.8 Å². The molecule has 2 rings (SSSR count). The minimum atomic E-state index is -3.68. The Kier molecular flexibility index (Phi) is 4.74. The van der Waals surface area contributed by atoms with Crippen LogP contribution in [-0.4, -0.2) is 42.0 Å². The summed E-state index contributed by atoms with van der Waals surface area (Å²) in [6, 6.07) is 2.72. The van der Waals surface area contributed by atoms with E-state index in [4.69, 9.17) is 5.73 Å². The number of sulfonamides is 1. The molecule has 2 atom stereocenters. The van der Waals surface area contributed by atoms with Crippen LogP contribution in [0.25, 0.3) is 0 Å². The van der Waals surface area contributed by atoms with Crippen molar-refractivity contribution < 1.29 is 13.5 Å². The van der Waals surface area contributed by atoms with Gasteiger partial charge in [0.1, 0.15) is 4.90 Å². The summed E-state index contributed by atoms with van der Waals surface area (Å²) in [5.41, 5.74) is 5.91.